The van der Waals surface area contributed by atoms with E-state index in [1.807, 2.05) is 19.9 Å². The van der Waals surface area contributed by atoms with Gasteiger partial charge in [-0.05, 0) is 37.1 Å². The number of benzene rings is 1. The van der Waals surface area contributed by atoms with Crippen molar-refractivity contribution in [2.75, 3.05) is 0 Å². The average molecular weight is 185 g/mol. The number of phenolic OH excluding ortho intramolecular Hbond substituents is 1. The highest BCUT2D eigenvalue weighted by Gasteiger charge is 2.01. The van der Waals surface area contributed by atoms with E-state index in [1.165, 1.54) is 0 Å². The van der Waals surface area contributed by atoms with E-state index >= 15 is 0 Å². The summed E-state index contributed by atoms with van der Waals surface area (Å²) in [5.74, 6) is 5.94. The number of aromatic hydroxyl groups is 1. The summed E-state index contributed by atoms with van der Waals surface area (Å²) in [7, 11) is 0. The molecule has 0 unspecified atom stereocenters. The molecule has 0 aromatic heterocycles. The van der Waals surface area contributed by atoms with Crippen LogP contribution in [0.1, 0.15) is 23.1 Å². The minimum atomic E-state index is 0.236. The summed E-state index contributed by atoms with van der Waals surface area (Å²) < 4.78 is 0. The summed E-state index contributed by atoms with van der Waals surface area (Å²) in [6.07, 6.45) is 0.236. The molecule has 0 aliphatic rings. The Hall–Kier alpha value is -1.93. The van der Waals surface area contributed by atoms with Gasteiger partial charge in [-0.2, -0.15) is 5.26 Å². The van der Waals surface area contributed by atoms with Gasteiger partial charge in [0, 0.05) is 5.56 Å². The summed E-state index contributed by atoms with van der Waals surface area (Å²) >= 11 is 0. The van der Waals surface area contributed by atoms with Crippen LogP contribution in [0.5, 0.6) is 5.75 Å². The van der Waals surface area contributed by atoms with Crippen LogP contribution in [0.2, 0.25) is 0 Å². The summed E-state index contributed by atoms with van der Waals surface area (Å²) in [6.45, 7) is 3.78. The minimum Gasteiger partial charge on any atom is -0.508 e. The Morgan fingerprint density at radius 2 is 1.86 bits per heavy atom. The van der Waals surface area contributed by atoms with E-state index < -0.39 is 0 Å². The van der Waals surface area contributed by atoms with Crippen molar-refractivity contribution in [1.29, 1.82) is 5.26 Å². The maximum Gasteiger partial charge on any atom is 0.116 e. The maximum atomic E-state index is 9.29. The molecule has 0 amide bonds. The lowest BCUT2D eigenvalue weighted by Crippen LogP contribution is -1.87. The van der Waals surface area contributed by atoms with Gasteiger partial charge in [-0.1, -0.05) is 11.8 Å². The molecule has 0 radical (unpaired) electrons. The summed E-state index contributed by atoms with van der Waals surface area (Å²) in [4.78, 5) is 0. The van der Waals surface area contributed by atoms with Gasteiger partial charge in [-0.3, -0.25) is 0 Å². The first-order valence-electron chi connectivity index (χ1n) is 4.31. The Kier molecular flexibility index (Phi) is 3.15. The van der Waals surface area contributed by atoms with Crippen LogP contribution in [0, 0.1) is 37.0 Å². The normalized spacial score (nSPS) is 8.64. The van der Waals surface area contributed by atoms with Gasteiger partial charge in [0.25, 0.3) is 0 Å². The average Bonchev–Trinajstić information content (AvgIpc) is 2.09. The van der Waals surface area contributed by atoms with Gasteiger partial charge in [0.15, 0.2) is 0 Å². The molecule has 0 aliphatic heterocycles. The molecule has 70 valence electrons. The zero-order valence-corrected chi connectivity index (χ0v) is 8.26. The van der Waals surface area contributed by atoms with Gasteiger partial charge >= 0.3 is 0 Å². The number of rotatable bonds is 0. The molecule has 14 heavy (non-hydrogen) atoms. The maximum absolute atomic E-state index is 9.29. The molecule has 1 rings (SSSR count). The fourth-order valence-electron chi connectivity index (χ4n) is 1.31. The molecular weight excluding hydrogens is 174 g/mol. The first-order chi connectivity index (χ1) is 6.65. The quantitative estimate of drug-likeness (QED) is 0.630. The smallest absolute Gasteiger partial charge is 0.116 e. The predicted octanol–water partition coefficient (Wildman–Crippen LogP) is 2.27. The second-order valence-corrected chi connectivity index (χ2v) is 3.09. The van der Waals surface area contributed by atoms with Crippen LogP contribution in [-0.2, 0) is 0 Å². The van der Waals surface area contributed by atoms with Crippen LogP contribution >= 0.6 is 0 Å². The molecule has 0 bridgehead atoms. The summed E-state index contributed by atoms with van der Waals surface area (Å²) in [5, 5.41) is 17.6. The van der Waals surface area contributed by atoms with Crippen LogP contribution in [0.25, 0.3) is 0 Å². The number of phenols is 1. The number of hydrogen-bond donors (Lipinski definition) is 1. The van der Waals surface area contributed by atoms with Gasteiger partial charge in [-0.25, -0.2) is 0 Å². The lowest BCUT2D eigenvalue weighted by molar-refractivity contribution is 0.474. The van der Waals surface area contributed by atoms with E-state index in [-0.39, 0.29) is 12.2 Å². The molecule has 2 heteroatoms. The van der Waals surface area contributed by atoms with E-state index in [4.69, 9.17) is 5.26 Å². The lowest BCUT2D eigenvalue weighted by atomic mass is 10.0. The van der Waals surface area contributed by atoms with E-state index in [0.29, 0.717) is 0 Å². The molecule has 1 aromatic carbocycles. The molecule has 0 saturated carbocycles. The monoisotopic (exact) mass is 185 g/mol. The first-order valence-corrected chi connectivity index (χ1v) is 4.31. The Morgan fingerprint density at radius 1 is 1.29 bits per heavy atom. The van der Waals surface area contributed by atoms with Gasteiger partial charge < -0.3 is 5.11 Å². The Labute approximate surface area is 83.8 Å². The van der Waals surface area contributed by atoms with E-state index in [9.17, 15) is 5.11 Å². The molecule has 0 atom stereocenters. The van der Waals surface area contributed by atoms with Crippen molar-refractivity contribution < 1.29 is 5.11 Å². The van der Waals surface area contributed by atoms with E-state index in [0.717, 1.165) is 16.7 Å². The standard InChI is InChI=1S/C12H11NO/c1-9-7-11(14)8-10(2)12(9)5-3-4-6-13/h7-8,14H,4H2,1-2H3. The third-order valence-corrected chi connectivity index (χ3v) is 1.90. The third-order valence-electron chi connectivity index (χ3n) is 1.90. The second kappa shape index (κ2) is 4.35. The highest BCUT2D eigenvalue weighted by atomic mass is 16.3. The van der Waals surface area contributed by atoms with Gasteiger partial charge in [0.1, 0.15) is 5.75 Å². The Morgan fingerprint density at radius 3 is 2.36 bits per heavy atom. The Balaban J connectivity index is 3.12. The number of nitriles is 1. The highest BCUT2D eigenvalue weighted by Crippen LogP contribution is 2.19. The van der Waals surface area contributed by atoms with Crippen molar-refractivity contribution in [3.8, 4) is 23.7 Å². The van der Waals surface area contributed by atoms with Gasteiger partial charge in [-0.15, -0.1) is 0 Å². The van der Waals surface area contributed by atoms with Crippen LogP contribution < -0.4 is 0 Å². The molecule has 1 N–H and O–H groups in total. The van der Waals surface area contributed by atoms with Crippen molar-refractivity contribution >= 4 is 0 Å². The molecule has 0 aliphatic carbocycles. The topological polar surface area (TPSA) is 44.0 Å². The first kappa shape index (κ1) is 10.2. The zero-order chi connectivity index (χ0) is 10.6. The molecular formula is C12H11NO. The molecule has 2 nitrogen and oxygen atoms in total. The van der Waals surface area contributed by atoms with Crippen molar-refractivity contribution in [1.82, 2.24) is 0 Å². The highest BCUT2D eigenvalue weighted by molar-refractivity contribution is 5.49. The molecule has 0 saturated heterocycles. The second-order valence-electron chi connectivity index (χ2n) is 3.09. The summed E-state index contributed by atoms with van der Waals surface area (Å²) in [6, 6.07) is 5.31. The fourth-order valence-corrected chi connectivity index (χ4v) is 1.31. The third kappa shape index (κ3) is 2.28. The van der Waals surface area contributed by atoms with Crippen LogP contribution in [0.4, 0.5) is 0 Å². The summed E-state index contributed by atoms with van der Waals surface area (Å²) in [5.41, 5.74) is 2.78. The molecule has 1 aromatic rings. The largest absolute Gasteiger partial charge is 0.508 e. The van der Waals surface area contributed by atoms with Gasteiger partial charge in [0.05, 0.1) is 12.5 Å². The van der Waals surface area contributed by atoms with E-state index in [1.54, 1.807) is 12.1 Å². The SMILES string of the molecule is Cc1cc(O)cc(C)c1C#CCC#N. The number of aryl methyl sites for hydroxylation is 2. The van der Waals surface area contributed by atoms with Crippen molar-refractivity contribution in [3.63, 3.8) is 0 Å². The van der Waals surface area contributed by atoms with Crippen LogP contribution in [-0.4, -0.2) is 5.11 Å². The lowest BCUT2D eigenvalue weighted by Gasteiger charge is -2.03. The van der Waals surface area contributed by atoms with Crippen molar-refractivity contribution in [2.45, 2.75) is 20.3 Å². The predicted molar refractivity (Wildman–Crippen MR) is 54.7 cm³/mol. The van der Waals surface area contributed by atoms with Crippen LogP contribution in [0.15, 0.2) is 12.1 Å². The molecule has 0 heterocycles. The van der Waals surface area contributed by atoms with Crippen LogP contribution in [0.3, 0.4) is 0 Å². The molecule has 0 spiro atoms. The fraction of sp³-hybridized carbons (Fsp3) is 0.250. The number of nitrogens with zero attached hydrogens (tertiary/aromatic N) is 1. The Bertz CT molecular complexity index is 421. The number of hydrogen-bond acceptors (Lipinski definition) is 2. The van der Waals surface area contributed by atoms with Crippen molar-refractivity contribution in [2.24, 2.45) is 0 Å². The minimum absolute atomic E-state index is 0.236. The molecule has 0 fully saturated rings. The van der Waals surface area contributed by atoms with Gasteiger partial charge in [0.2, 0.25) is 0 Å². The van der Waals surface area contributed by atoms with Crippen molar-refractivity contribution in [3.05, 3.63) is 28.8 Å². The zero-order valence-electron chi connectivity index (χ0n) is 8.26. The van der Waals surface area contributed by atoms with E-state index in [2.05, 4.69) is 11.8 Å².